The van der Waals surface area contributed by atoms with Crippen molar-refractivity contribution in [1.29, 1.82) is 0 Å². The van der Waals surface area contributed by atoms with Crippen LogP contribution in [0.15, 0.2) is 24.3 Å². The van der Waals surface area contributed by atoms with E-state index in [0.29, 0.717) is 16.3 Å². The summed E-state index contributed by atoms with van der Waals surface area (Å²) in [7, 11) is 0. The molecular formula is C16H18N2O3S. The molecule has 0 aliphatic carbocycles. The molecule has 4 N–H and O–H groups in total. The van der Waals surface area contributed by atoms with E-state index >= 15 is 0 Å². The van der Waals surface area contributed by atoms with Crippen molar-refractivity contribution in [1.82, 2.24) is 0 Å². The molecule has 0 unspecified atom stereocenters. The molecule has 22 heavy (non-hydrogen) atoms. The molecule has 0 aliphatic rings. The van der Waals surface area contributed by atoms with Gasteiger partial charge in [0.2, 0.25) is 5.91 Å². The van der Waals surface area contributed by atoms with Crippen LogP contribution in [0.3, 0.4) is 0 Å². The summed E-state index contributed by atoms with van der Waals surface area (Å²) in [5.41, 5.74) is 8.21. The fourth-order valence-corrected chi connectivity index (χ4v) is 3.14. The summed E-state index contributed by atoms with van der Waals surface area (Å²) in [5, 5.41) is 12.3. The lowest BCUT2D eigenvalue weighted by molar-refractivity contribution is -0.118. The van der Waals surface area contributed by atoms with Crippen LogP contribution in [0.25, 0.3) is 10.4 Å². The average Bonchev–Trinajstić information content (AvgIpc) is 2.74. The molecule has 0 saturated carbocycles. The maximum atomic E-state index is 11.7. The van der Waals surface area contributed by atoms with E-state index < -0.39 is 5.97 Å². The first-order valence-electron chi connectivity index (χ1n) is 6.84. The van der Waals surface area contributed by atoms with Crippen LogP contribution in [0.5, 0.6) is 0 Å². The maximum Gasteiger partial charge on any atom is 0.338 e. The summed E-state index contributed by atoms with van der Waals surface area (Å²) in [6.07, 6.45) is 0. The van der Waals surface area contributed by atoms with E-state index in [1.54, 1.807) is 19.1 Å². The van der Waals surface area contributed by atoms with Gasteiger partial charge in [-0.25, -0.2) is 4.79 Å². The van der Waals surface area contributed by atoms with Crippen LogP contribution in [-0.2, 0) is 4.79 Å². The minimum absolute atomic E-state index is 0.0440. The van der Waals surface area contributed by atoms with E-state index in [1.165, 1.54) is 11.3 Å². The number of anilines is 2. The molecule has 2 aromatic rings. The van der Waals surface area contributed by atoms with Crippen LogP contribution >= 0.6 is 11.3 Å². The number of nitrogens with two attached hydrogens (primary N) is 1. The van der Waals surface area contributed by atoms with Gasteiger partial charge in [0.05, 0.1) is 5.56 Å². The molecule has 0 spiro atoms. The Balaban J connectivity index is 2.30. The van der Waals surface area contributed by atoms with Crippen LogP contribution in [0.1, 0.15) is 29.8 Å². The Morgan fingerprint density at radius 3 is 2.27 bits per heavy atom. The standard InChI is InChI=1S/C16H18N2O3S/c1-8(2)15(19)18-11-6-4-10(5-7-11)13-9(3)12(16(20)21)14(17)22-13/h4-8H,17H2,1-3H3,(H,18,19)(H,20,21). The van der Waals surface area contributed by atoms with Gasteiger partial charge < -0.3 is 16.2 Å². The molecular weight excluding hydrogens is 300 g/mol. The summed E-state index contributed by atoms with van der Waals surface area (Å²) >= 11 is 1.26. The molecule has 0 bridgehead atoms. The van der Waals surface area contributed by atoms with Gasteiger partial charge in [0, 0.05) is 16.5 Å². The van der Waals surface area contributed by atoms with E-state index in [4.69, 9.17) is 5.73 Å². The van der Waals surface area contributed by atoms with Gasteiger partial charge in [-0.3, -0.25) is 4.79 Å². The van der Waals surface area contributed by atoms with Crippen molar-refractivity contribution in [2.45, 2.75) is 20.8 Å². The van der Waals surface area contributed by atoms with E-state index in [1.807, 2.05) is 26.0 Å². The molecule has 0 saturated heterocycles. The topological polar surface area (TPSA) is 92.4 Å². The SMILES string of the molecule is Cc1c(-c2ccc(NC(=O)C(C)C)cc2)sc(N)c1C(=O)O. The lowest BCUT2D eigenvalue weighted by Gasteiger charge is -2.08. The number of hydrogen-bond donors (Lipinski definition) is 3. The molecule has 0 atom stereocenters. The summed E-state index contributed by atoms with van der Waals surface area (Å²) < 4.78 is 0. The van der Waals surface area contributed by atoms with E-state index in [9.17, 15) is 14.7 Å². The Morgan fingerprint density at radius 2 is 1.82 bits per heavy atom. The third-order valence-electron chi connectivity index (χ3n) is 3.33. The molecule has 5 nitrogen and oxygen atoms in total. The number of amides is 1. The minimum atomic E-state index is -1.02. The van der Waals surface area contributed by atoms with Gasteiger partial charge in [0.1, 0.15) is 5.00 Å². The number of rotatable bonds is 4. The number of nitrogen functional groups attached to an aromatic ring is 1. The Hall–Kier alpha value is -2.34. The maximum absolute atomic E-state index is 11.7. The molecule has 6 heteroatoms. The van der Waals surface area contributed by atoms with Gasteiger partial charge in [0.25, 0.3) is 0 Å². The highest BCUT2D eigenvalue weighted by Gasteiger charge is 2.19. The zero-order valence-electron chi connectivity index (χ0n) is 12.6. The predicted octanol–water partition coefficient (Wildman–Crippen LogP) is 3.60. The zero-order valence-corrected chi connectivity index (χ0v) is 13.5. The highest BCUT2D eigenvalue weighted by molar-refractivity contribution is 7.19. The number of benzene rings is 1. The average molecular weight is 318 g/mol. The molecule has 1 heterocycles. The van der Waals surface area contributed by atoms with Crippen LogP contribution in [-0.4, -0.2) is 17.0 Å². The molecule has 1 aromatic heterocycles. The summed E-state index contributed by atoms with van der Waals surface area (Å²) in [4.78, 5) is 23.7. The Kier molecular flexibility index (Phi) is 4.51. The van der Waals surface area contributed by atoms with Crippen molar-refractivity contribution in [3.8, 4) is 10.4 Å². The lowest BCUT2D eigenvalue weighted by Crippen LogP contribution is -2.17. The largest absolute Gasteiger partial charge is 0.478 e. The van der Waals surface area contributed by atoms with Gasteiger partial charge in [-0.2, -0.15) is 0 Å². The molecule has 1 amide bonds. The lowest BCUT2D eigenvalue weighted by atomic mass is 10.1. The Bertz CT molecular complexity index is 718. The molecule has 1 aromatic carbocycles. The first-order chi connectivity index (χ1) is 10.3. The predicted molar refractivity (Wildman–Crippen MR) is 89.3 cm³/mol. The van der Waals surface area contributed by atoms with Crippen molar-refractivity contribution < 1.29 is 14.7 Å². The van der Waals surface area contributed by atoms with E-state index in [-0.39, 0.29) is 17.4 Å². The van der Waals surface area contributed by atoms with E-state index in [2.05, 4.69) is 5.32 Å². The normalized spacial score (nSPS) is 10.7. The Labute approximate surface area is 132 Å². The van der Waals surface area contributed by atoms with Gasteiger partial charge in [-0.1, -0.05) is 26.0 Å². The van der Waals surface area contributed by atoms with E-state index in [0.717, 1.165) is 10.4 Å². The molecule has 0 fully saturated rings. The van der Waals surface area contributed by atoms with Crippen LogP contribution in [0.2, 0.25) is 0 Å². The van der Waals surface area contributed by atoms with Crippen molar-refractivity contribution in [2.24, 2.45) is 5.92 Å². The molecule has 116 valence electrons. The van der Waals surface area contributed by atoms with Gasteiger partial charge in [-0.15, -0.1) is 11.3 Å². The fourth-order valence-electron chi connectivity index (χ4n) is 2.07. The number of carbonyl (C=O) groups is 2. The third-order valence-corrected chi connectivity index (χ3v) is 4.50. The van der Waals surface area contributed by atoms with Crippen molar-refractivity contribution in [3.63, 3.8) is 0 Å². The van der Waals surface area contributed by atoms with Crippen molar-refractivity contribution in [2.75, 3.05) is 11.1 Å². The summed E-state index contributed by atoms with van der Waals surface area (Å²) in [6, 6.07) is 7.29. The first kappa shape index (κ1) is 16.0. The number of aromatic carboxylic acids is 1. The van der Waals surface area contributed by atoms with Crippen molar-refractivity contribution >= 4 is 33.9 Å². The molecule has 0 radical (unpaired) electrons. The van der Waals surface area contributed by atoms with Gasteiger partial charge in [-0.05, 0) is 30.2 Å². The number of hydrogen-bond acceptors (Lipinski definition) is 4. The van der Waals surface area contributed by atoms with Crippen molar-refractivity contribution in [3.05, 3.63) is 35.4 Å². The third kappa shape index (κ3) is 3.12. The molecule has 0 aliphatic heterocycles. The molecule has 2 rings (SSSR count). The monoisotopic (exact) mass is 318 g/mol. The Morgan fingerprint density at radius 1 is 1.23 bits per heavy atom. The first-order valence-corrected chi connectivity index (χ1v) is 7.66. The fraction of sp³-hybridized carbons (Fsp3) is 0.250. The second-order valence-corrected chi connectivity index (χ2v) is 6.37. The smallest absolute Gasteiger partial charge is 0.338 e. The number of carboxylic acids is 1. The quantitative estimate of drug-likeness (QED) is 0.803. The zero-order chi connectivity index (χ0) is 16.4. The number of nitrogens with one attached hydrogen (secondary N) is 1. The number of carboxylic acid groups (broad SMARTS) is 1. The van der Waals surface area contributed by atoms with Crippen LogP contribution in [0, 0.1) is 12.8 Å². The summed E-state index contributed by atoms with van der Waals surface area (Å²) in [5.74, 6) is -1.15. The van der Waals surface area contributed by atoms with Crippen LogP contribution in [0.4, 0.5) is 10.7 Å². The highest BCUT2D eigenvalue weighted by atomic mass is 32.1. The summed E-state index contributed by atoms with van der Waals surface area (Å²) in [6.45, 7) is 5.41. The van der Waals surface area contributed by atoms with Gasteiger partial charge in [0.15, 0.2) is 0 Å². The highest BCUT2D eigenvalue weighted by Crippen LogP contribution is 2.38. The van der Waals surface area contributed by atoms with Crippen LogP contribution < -0.4 is 11.1 Å². The second-order valence-electron chi connectivity index (χ2n) is 5.32. The number of carbonyl (C=O) groups excluding carboxylic acids is 1. The minimum Gasteiger partial charge on any atom is -0.478 e. The second kappa shape index (κ2) is 6.19. The number of thiophene rings is 1. The van der Waals surface area contributed by atoms with Gasteiger partial charge >= 0.3 is 5.97 Å².